The highest BCUT2D eigenvalue weighted by Crippen LogP contribution is 2.26. The molecule has 1 aromatic rings. The normalized spacial score (nSPS) is 27.1. The van der Waals surface area contributed by atoms with Crippen LogP contribution in [-0.4, -0.2) is 27.9 Å². The van der Waals surface area contributed by atoms with Gasteiger partial charge in [-0.1, -0.05) is 0 Å². The van der Waals surface area contributed by atoms with Crippen LogP contribution in [0.4, 0.5) is 0 Å². The third-order valence-electron chi connectivity index (χ3n) is 2.71. The van der Waals surface area contributed by atoms with Crippen molar-refractivity contribution in [2.75, 3.05) is 0 Å². The van der Waals surface area contributed by atoms with Crippen molar-refractivity contribution in [1.82, 2.24) is 9.88 Å². The molecule has 0 spiro atoms. The minimum Gasteiger partial charge on any atom is -0.367 e. The Bertz CT molecular complexity index is 297. The summed E-state index contributed by atoms with van der Waals surface area (Å²) in [5.41, 5.74) is 0.762. The molecule has 0 aliphatic carbocycles. The molecule has 0 aromatic carbocycles. The summed E-state index contributed by atoms with van der Waals surface area (Å²) in [5, 5.41) is 0. The van der Waals surface area contributed by atoms with E-state index in [4.69, 9.17) is 0 Å². The second kappa shape index (κ2) is 2.91. The van der Waals surface area contributed by atoms with E-state index < -0.39 is 0 Å². The Balaban J connectivity index is 2.14. The minimum atomic E-state index is 0.146. The van der Waals surface area contributed by atoms with Gasteiger partial charge in [-0.05, 0) is 26.3 Å². The van der Waals surface area contributed by atoms with E-state index in [-0.39, 0.29) is 5.91 Å². The highest BCUT2D eigenvalue weighted by atomic mass is 16.2. The van der Waals surface area contributed by atoms with Crippen molar-refractivity contribution in [2.24, 2.45) is 0 Å². The van der Waals surface area contributed by atoms with Crippen molar-refractivity contribution in [3.8, 4) is 0 Å². The molecule has 70 valence electrons. The average Bonchev–Trinajstić information content (AvgIpc) is 2.55. The fourth-order valence-electron chi connectivity index (χ4n) is 2.02. The summed E-state index contributed by atoms with van der Waals surface area (Å²) in [6.07, 6.45) is 4.65. The van der Waals surface area contributed by atoms with Crippen LogP contribution in [0.5, 0.6) is 0 Å². The van der Waals surface area contributed by atoms with Gasteiger partial charge in [-0.25, -0.2) is 0 Å². The van der Waals surface area contributed by atoms with Crippen molar-refractivity contribution in [3.63, 3.8) is 0 Å². The molecule has 3 heteroatoms. The maximum atomic E-state index is 11.8. The minimum absolute atomic E-state index is 0.146. The van der Waals surface area contributed by atoms with Gasteiger partial charge in [-0.15, -0.1) is 0 Å². The zero-order chi connectivity index (χ0) is 9.42. The molecule has 0 radical (unpaired) electrons. The number of aromatic nitrogens is 1. The van der Waals surface area contributed by atoms with Crippen LogP contribution < -0.4 is 0 Å². The number of rotatable bonds is 1. The lowest BCUT2D eigenvalue weighted by Crippen LogP contribution is -2.55. The molecular formula is C10H14N2O. The fourth-order valence-corrected chi connectivity index (χ4v) is 2.02. The smallest absolute Gasteiger partial charge is 0.255 e. The standard InChI is InChI=1S/C10H14N2O/c1-7-5-8(2)12(7)10(13)9-3-4-11-6-9/h3-4,6-8,11H,5H2,1-2H3. The zero-order valence-electron chi connectivity index (χ0n) is 7.95. The van der Waals surface area contributed by atoms with Crippen LogP contribution in [0.15, 0.2) is 18.5 Å². The highest BCUT2D eigenvalue weighted by molar-refractivity contribution is 5.94. The van der Waals surface area contributed by atoms with Gasteiger partial charge in [0.2, 0.25) is 0 Å². The maximum Gasteiger partial charge on any atom is 0.255 e. The summed E-state index contributed by atoms with van der Waals surface area (Å²) >= 11 is 0. The van der Waals surface area contributed by atoms with E-state index in [9.17, 15) is 4.79 Å². The van der Waals surface area contributed by atoms with Crippen molar-refractivity contribution >= 4 is 5.91 Å². The van der Waals surface area contributed by atoms with Crippen LogP contribution in [0.1, 0.15) is 30.6 Å². The van der Waals surface area contributed by atoms with Crippen LogP contribution in [0.2, 0.25) is 0 Å². The van der Waals surface area contributed by atoms with Crippen LogP contribution in [0, 0.1) is 0 Å². The maximum absolute atomic E-state index is 11.8. The monoisotopic (exact) mass is 178 g/mol. The van der Waals surface area contributed by atoms with E-state index in [0.29, 0.717) is 12.1 Å². The predicted molar refractivity (Wildman–Crippen MR) is 50.5 cm³/mol. The summed E-state index contributed by atoms with van der Waals surface area (Å²) in [7, 11) is 0. The molecule has 3 nitrogen and oxygen atoms in total. The van der Waals surface area contributed by atoms with Gasteiger partial charge < -0.3 is 9.88 Å². The molecule has 0 bridgehead atoms. The lowest BCUT2D eigenvalue weighted by atomic mass is 9.95. The Kier molecular flexibility index (Phi) is 1.87. The number of nitrogens with one attached hydrogen (secondary N) is 1. The predicted octanol–water partition coefficient (Wildman–Crippen LogP) is 1.64. The first-order valence-corrected chi connectivity index (χ1v) is 4.65. The van der Waals surface area contributed by atoms with Crippen molar-refractivity contribution in [2.45, 2.75) is 32.4 Å². The lowest BCUT2D eigenvalue weighted by molar-refractivity contribution is 0.0266. The molecule has 2 unspecified atom stereocenters. The molecule has 13 heavy (non-hydrogen) atoms. The number of carbonyl (C=O) groups excluding carboxylic acids is 1. The number of aromatic amines is 1. The Labute approximate surface area is 77.7 Å². The van der Waals surface area contributed by atoms with Gasteiger partial charge in [0.05, 0.1) is 5.56 Å². The van der Waals surface area contributed by atoms with E-state index in [2.05, 4.69) is 18.8 Å². The molecule has 1 aromatic heterocycles. The largest absolute Gasteiger partial charge is 0.367 e. The van der Waals surface area contributed by atoms with Gasteiger partial charge in [0.25, 0.3) is 5.91 Å². The van der Waals surface area contributed by atoms with E-state index in [1.54, 1.807) is 12.4 Å². The first kappa shape index (κ1) is 8.35. The number of carbonyl (C=O) groups is 1. The molecular weight excluding hydrogens is 164 g/mol. The molecule has 2 atom stereocenters. The number of hydrogen-bond acceptors (Lipinski definition) is 1. The van der Waals surface area contributed by atoms with Crippen LogP contribution in [0.3, 0.4) is 0 Å². The van der Waals surface area contributed by atoms with Gasteiger partial charge in [0, 0.05) is 24.5 Å². The molecule has 1 saturated heterocycles. The Morgan fingerprint density at radius 3 is 2.69 bits per heavy atom. The quantitative estimate of drug-likeness (QED) is 0.697. The first-order valence-electron chi connectivity index (χ1n) is 4.65. The van der Waals surface area contributed by atoms with Gasteiger partial charge in [-0.3, -0.25) is 4.79 Å². The SMILES string of the molecule is CC1CC(C)N1C(=O)c1cc[nH]c1. The summed E-state index contributed by atoms with van der Waals surface area (Å²) < 4.78 is 0. The molecule has 2 heterocycles. The third-order valence-corrected chi connectivity index (χ3v) is 2.71. The van der Waals surface area contributed by atoms with Crippen LogP contribution >= 0.6 is 0 Å². The Morgan fingerprint density at radius 1 is 1.54 bits per heavy atom. The molecule has 0 saturated carbocycles. The summed E-state index contributed by atoms with van der Waals surface area (Å²) in [6, 6.07) is 2.62. The van der Waals surface area contributed by atoms with Crippen molar-refractivity contribution < 1.29 is 4.79 Å². The topological polar surface area (TPSA) is 36.1 Å². The molecule has 1 aliphatic heterocycles. The van der Waals surface area contributed by atoms with E-state index in [1.165, 1.54) is 0 Å². The summed E-state index contributed by atoms with van der Waals surface area (Å²) in [5.74, 6) is 0.146. The second-order valence-electron chi connectivity index (χ2n) is 3.75. The van der Waals surface area contributed by atoms with Gasteiger partial charge >= 0.3 is 0 Å². The van der Waals surface area contributed by atoms with Gasteiger partial charge in [0.15, 0.2) is 0 Å². The van der Waals surface area contributed by atoms with Gasteiger partial charge in [-0.2, -0.15) is 0 Å². The highest BCUT2D eigenvalue weighted by Gasteiger charge is 2.35. The first-order chi connectivity index (χ1) is 6.20. The Morgan fingerprint density at radius 2 is 2.23 bits per heavy atom. The Hall–Kier alpha value is -1.25. The van der Waals surface area contributed by atoms with Crippen molar-refractivity contribution in [1.29, 1.82) is 0 Å². The van der Waals surface area contributed by atoms with Crippen LogP contribution in [-0.2, 0) is 0 Å². The van der Waals surface area contributed by atoms with E-state index >= 15 is 0 Å². The van der Waals surface area contributed by atoms with Crippen LogP contribution in [0.25, 0.3) is 0 Å². The zero-order valence-corrected chi connectivity index (χ0v) is 7.95. The fraction of sp³-hybridized carbons (Fsp3) is 0.500. The second-order valence-corrected chi connectivity index (χ2v) is 3.75. The molecule has 1 fully saturated rings. The summed E-state index contributed by atoms with van der Waals surface area (Å²) in [4.78, 5) is 16.6. The van der Waals surface area contributed by atoms with E-state index in [1.807, 2.05) is 11.0 Å². The third kappa shape index (κ3) is 1.24. The summed E-state index contributed by atoms with van der Waals surface area (Å²) in [6.45, 7) is 4.18. The van der Waals surface area contributed by atoms with E-state index in [0.717, 1.165) is 12.0 Å². The number of hydrogen-bond donors (Lipinski definition) is 1. The lowest BCUT2D eigenvalue weighted by Gasteiger charge is -2.45. The average molecular weight is 178 g/mol. The number of H-pyrrole nitrogens is 1. The number of nitrogens with zero attached hydrogens (tertiary/aromatic N) is 1. The molecule has 1 N–H and O–H groups in total. The number of amides is 1. The molecule has 2 rings (SSSR count). The van der Waals surface area contributed by atoms with Crippen molar-refractivity contribution in [3.05, 3.63) is 24.0 Å². The number of likely N-dealkylation sites (tertiary alicyclic amines) is 1. The molecule has 1 amide bonds. The molecule has 1 aliphatic rings. The van der Waals surface area contributed by atoms with Gasteiger partial charge in [0.1, 0.15) is 0 Å².